The van der Waals surface area contributed by atoms with Gasteiger partial charge in [0.15, 0.2) is 6.61 Å². The van der Waals surface area contributed by atoms with Gasteiger partial charge in [-0.15, -0.1) is 0 Å². The molecule has 122 valence electrons. The summed E-state index contributed by atoms with van der Waals surface area (Å²) in [6, 6.07) is 15.3. The van der Waals surface area contributed by atoms with E-state index in [1.807, 2.05) is 69.3 Å². The van der Waals surface area contributed by atoms with Crippen molar-refractivity contribution in [2.75, 3.05) is 13.2 Å². The fourth-order valence-corrected chi connectivity index (χ4v) is 2.25. The van der Waals surface area contributed by atoms with E-state index in [1.54, 1.807) is 0 Å². The number of aryl methyl sites for hydroxylation is 1. The maximum atomic E-state index is 12.0. The first kappa shape index (κ1) is 16.9. The first-order chi connectivity index (χ1) is 11.1. The number of rotatable bonds is 7. The summed E-state index contributed by atoms with van der Waals surface area (Å²) in [6.45, 7) is 6.50. The highest BCUT2D eigenvalue weighted by Gasteiger charge is 2.10. The van der Waals surface area contributed by atoms with E-state index < -0.39 is 0 Å². The molecule has 0 aromatic heterocycles. The fourth-order valence-electron chi connectivity index (χ4n) is 2.25. The molecule has 0 saturated heterocycles. The Hall–Kier alpha value is -2.49. The molecule has 2 aromatic rings. The molecule has 2 rings (SSSR count). The number of benzene rings is 2. The average molecular weight is 313 g/mol. The van der Waals surface area contributed by atoms with E-state index in [0.29, 0.717) is 6.61 Å². The number of nitrogens with one attached hydrogen (secondary N) is 1. The lowest BCUT2D eigenvalue weighted by atomic mass is 10.1. The predicted octanol–water partition coefficient (Wildman–Crippen LogP) is 3.65. The van der Waals surface area contributed by atoms with Gasteiger partial charge in [0.05, 0.1) is 12.6 Å². The molecule has 0 saturated carbocycles. The summed E-state index contributed by atoms with van der Waals surface area (Å²) in [4.78, 5) is 12.0. The molecule has 1 amide bonds. The molecule has 1 atom stereocenters. The minimum atomic E-state index is -0.144. The Morgan fingerprint density at radius 2 is 1.78 bits per heavy atom. The lowest BCUT2D eigenvalue weighted by Gasteiger charge is -2.15. The second-order valence-corrected chi connectivity index (χ2v) is 5.35. The fraction of sp³-hybridized carbons (Fsp3) is 0.316. The highest BCUT2D eigenvalue weighted by molar-refractivity contribution is 5.78. The van der Waals surface area contributed by atoms with Crippen LogP contribution < -0.4 is 14.8 Å². The minimum Gasteiger partial charge on any atom is -0.494 e. The summed E-state index contributed by atoms with van der Waals surface area (Å²) >= 11 is 0. The standard InChI is InChI=1S/C19H23NO3/c1-4-22-17-11-9-16(10-12-17)15(3)20-19(21)13-23-18-8-6-5-7-14(18)2/h5-12,15H,4,13H2,1-3H3,(H,20,21)/t15-/m0/s1. The van der Waals surface area contributed by atoms with Crippen LogP contribution in [0.15, 0.2) is 48.5 Å². The third kappa shape index (κ3) is 5.02. The average Bonchev–Trinajstić information content (AvgIpc) is 2.55. The van der Waals surface area contributed by atoms with E-state index in [9.17, 15) is 4.79 Å². The van der Waals surface area contributed by atoms with Crippen molar-refractivity contribution in [1.29, 1.82) is 0 Å². The molecule has 4 heteroatoms. The molecule has 0 aliphatic heterocycles. The summed E-state index contributed by atoms with van der Waals surface area (Å²) in [5, 5.41) is 2.93. The van der Waals surface area contributed by atoms with Gasteiger partial charge >= 0.3 is 0 Å². The van der Waals surface area contributed by atoms with Crippen molar-refractivity contribution in [1.82, 2.24) is 5.32 Å². The van der Waals surface area contributed by atoms with Crippen molar-refractivity contribution in [2.24, 2.45) is 0 Å². The highest BCUT2D eigenvalue weighted by atomic mass is 16.5. The Morgan fingerprint density at radius 1 is 1.09 bits per heavy atom. The van der Waals surface area contributed by atoms with Crippen molar-refractivity contribution in [3.8, 4) is 11.5 Å². The van der Waals surface area contributed by atoms with Gasteiger partial charge in [-0.2, -0.15) is 0 Å². The Kier molecular flexibility index (Phi) is 6.03. The number of hydrogen-bond acceptors (Lipinski definition) is 3. The van der Waals surface area contributed by atoms with Crippen molar-refractivity contribution in [3.63, 3.8) is 0 Å². The number of carbonyl (C=O) groups excluding carboxylic acids is 1. The summed E-state index contributed by atoms with van der Waals surface area (Å²) in [6.07, 6.45) is 0. The van der Waals surface area contributed by atoms with Crippen LogP contribution in [0.4, 0.5) is 0 Å². The van der Waals surface area contributed by atoms with Gasteiger partial charge in [-0.1, -0.05) is 30.3 Å². The molecule has 0 unspecified atom stereocenters. The molecular weight excluding hydrogens is 290 g/mol. The second-order valence-electron chi connectivity index (χ2n) is 5.35. The molecule has 2 aromatic carbocycles. The van der Waals surface area contributed by atoms with Crippen LogP contribution >= 0.6 is 0 Å². The van der Waals surface area contributed by atoms with Gasteiger partial charge in [0.25, 0.3) is 5.91 Å². The van der Waals surface area contributed by atoms with Gasteiger partial charge in [-0.05, 0) is 50.1 Å². The second kappa shape index (κ2) is 8.22. The molecular formula is C19H23NO3. The van der Waals surface area contributed by atoms with Gasteiger partial charge in [0.2, 0.25) is 0 Å². The van der Waals surface area contributed by atoms with E-state index >= 15 is 0 Å². The zero-order valence-corrected chi connectivity index (χ0v) is 13.8. The largest absolute Gasteiger partial charge is 0.494 e. The summed E-state index contributed by atoms with van der Waals surface area (Å²) < 4.78 is 11.0. The van der Waals surface area contributed by atoms with Crippen molar-refractivity contribution in [3.05, 3.63) is 59.7 Å². The predicted molar refractivity (Wildman–Crippen MR) is 90.8 cm³/mol. The monoisotopic (exact) mass is 313 g/mol. The molecule has 0 fully saturated rings. The van der Waals surface area contributed by atoms with E-state index in [4.69, 9.17) is 9.47 Å². The van der Waals surface area contributed by atoms with Crippen LogP contribution in [0.1, 0.15) is 31.0 Å². The zero-order chi connectivity index (χ0) is 16.7. The van der Waals surface area contributed by atoms with Crippen LogP contribution in [-0.4, -0.2) is 19.1 Å². The van der Waals surface area contributed by atoms with Crippen molar-refractivity contribution < 1.29 is 14.3 Å². The molecule has 23 heavy (non-hydrogen) atoms. The molecule has 0 aliphatic carbocycles. The Morgan fingerprint density at radius 3 is 2.43 bits per heavy atom. The molecule has 0 aliphatic rings. The van der Waals surface area contributed by atoms with Crippen molar-refractivity contribution >= 4 is 5.91 Å². The lowest BCUT2D eigenvalue weighted by molar-refractivity contribution is -0.123. The first-order valence-electron chi connectivity index (χ1n) is 7.80. The number of ether oxygens (including phenoxy) is 2. The van der Waals surface area contributed by atoms with E-state index in [2.05, 4.69) is 5.32 Å². The van der Waals surface area contributed by atoms with Gasteiger partial charge in [0.1, 0.15) is 11.5 Å². The smallest absolute Gasteiger partial charge is 0.258 e. The third-order valence-corrected chi connectivity index (χ3v) is 3.52. The third-order valence-electron chi connectivity index (χ3n) is 3.52. The lowest BCUT2D eigenvalue weighted by Crippen LogP contribution is -2.31. The zero-order valence-electron chi connectivity index (χ0n) is 13.8. The van der Waals surface area contributed by atoms with Crippen LogP contribution in [0.5, 0.6) is 11.5 Å². The van der Waals surface area contributed by atoms with E-state index in [1.165, 1.54) is 0 Å². The van der Waals surface area contributed by atoms with Crippen molar-refractivity contribution in [2.45, 2.75) is 26.8 Å². The van der Waals surface area contributed by atoms with Crippen LogP contribution in [0.25, 0.3) is 0 Å². The highest BCUT2D eigenvalue weighted by Crippen LogP contribution is 2.18. The Balaban J connectivity index is 1.85. The van der Waals surface area contributed by atoms with Gasteiger partial charge < -0.3 is 14.8 Å². The normalized spacial score (nSPS) is 11.6. The molecule has 4 nitrogen and oxygen atoms in total. The Labute approximate surface area is 137 Å². The van der Waals surface area contributed by atoms with Crippen LogP contribution in [0, 0.1) is 6.92 Å². The quantitative estimate of drug-likeness (QED) is 0.849. The number of carbonyl (C=O) groups is 1. The maximum Gasteiger partial charge on any atom is 0.258 e. The number of para-hydroxylation sites is 1. The number of hydrogen-bond donors (Lipinski definition) is 1. The van der Waals surface area contributed by atoms with Crippen LogP contribution in [-0.2, 0) is 4.79 Å². The van der Waals surface area contributed by atoms with Gasteiger partial charge in [0, 0.05) is 0 Å². The summed E-state index contributed by atoms with van der Waals surface area (Å²) in [5.74, 6) is 1.42. The number of amides is 1. The van der Waals surface area contributed by atoms with E-state index in [0.717, 1.165) is 22.6 Å². The van der Waals surface area contributed by atoms with Gasteiger partial charge in [-0.25, -0.2) is 0 Å². The topological polar surface area (TPSA) is 47.6 Å². The summed E-state index contributed by atoms with van der Waals surface area (Å²) in [5.41, 5.74) is 2.04. The molecule has 0 radical (unpaired) electrons. The summed E-state index contributed by atoms with van der Waals surface area (Å²) in [7, 11) is 0. The SMILES string of the molecule is CCOc1ccc([C@H](C)NC(=O)COc2ccccc2C)cc1. The van der Waals surface area contributed by atoms with Crippen LogP contribution in [0.3, 0.4) is 0 Å². The Bertz CT molecular complexity index is 637. The van der Waals surface area contributed by atoms with Gasteiger partial charge in [-0.3, -0.25) is 4.79 Å². The minimum absolute atomic E-state index is 0.00617. The molecule has 0 heterocycles. The molecule has 0 bridgehead atoms. The van der Waals surface area contributed by atoms with E-state index in [-0.39, 0.29) is 18.6 Å². The molecule has 1 N–H and O–H groups in total. The van der Waals surface area contributed by atoms with Crippen LogP contribution in [0.2, 0.25) is 0 Å². The first-order valence-corrected chi connectivity index (χ1v) is 7.80. The molecule has 0 spiro atoms. The maximum absolute atomic E-state index is 12.0.